The lowest BCUT2D eigenvalue weighted by Gasteiger charge is -2.27. The average Bonchev–Trinajstić information content (AvgIpc) is 2.98. The molecule has 0 bridgehead atoms. The fourth-order valence-corrected chi connectivity index (χ4v) is 4.03. The minimum atomic E-state index is -0.272. The molecule has 0 saturated carbocycles. The maximum Gasteiger partial charge on any atom is 0.227 e. The number of hydrogen-bond donors (Lipinski definition) is 0. The highest BCUT2D eigenvalue weighted by atomic mass is 19.1. The molecule has 1 heterocycles. The van der Waals surface area contributed by atoms with Crippen LogP contribution in [0.5, 0.6) is 11.5 Å². The summed E-state index contributed by atoms with van der Waals surface area (Å²) in [5.41, 5.74) is 3.67. The molecule has 3 aromatic rings. The Morgan fingerprint density at radius 3 is 2.48 bits per heavy atom. The molecule has 0 radical (unpaired) electrons. The summed E-state index contributed by atoms with van der Waals surface area (Å²) in [5.74, 6) is 1.34. The van der Waals surface area contributed by atoms with E-state index < -0.39 is 0 Å². The number of fused-ring (bicyclic) bond motifs is 1. The van der Waals surface area contributed by atoms with Gasteiger partial charge in [-0.1, -0.05) is 30.3 Å². The van der Waals surface area contributed by atoms with Gasteiger partial charge in [0.05, 0.1) is 39.3 Å². The van der Waals surface area contributed by atoms with Crippen LogP contribution < -0.4 is 9.47 Å². The zero-order valence-corrected chi connectivity index (χ0v) is 18.9. The molecule has 0 unspecified atom stereocenters. The van der Waals surface area contributed by atoms with Crippen molar-refractivity contribution in [2.24, 2.45) is 0 Å². The molecular weight excluding hydrogens is 421 g/mol. The van der Waals surface area contributed by atoms with E-state index in [9.17, 15) is 9.18 Å². The Balaban J connectivity index is 1.43. The first-order valence-electron chi connectivity index (χ1n) is 11.0. The minimum absolute atomic E-state index is 0.0527. The summed E-state index contributed by atoms with van der Waals surface area (Å²) in [6.45, 7) is 3.71. The van der Waals surface area contributed by atoms with Gasteiger partial charge in [0.2, 0.25) is 5.91 Å². The Bertz CT molecular complexity index is 1100. The maximum absolute atomic E-state index is 13.4. The topological polar surface area (TPSA) is 48.0 Å². The number of amides is 1. The summed E-state index contributed by atoms with van der Waals surface area (Å²) in [4.78, 5) is 15.0. The first kappa shape index (κ1) is 22.8. The van der Waals surface area contributed by atoms with Crippen molar-refractivity contribution in [3.8, 4) is 11.5 Å². The van der Waals surface area contributed by atoms with E-state index in [1.807, 2.05) is 60.4 Å². The number of carbonyl (C=O) groups is 1. The number of carbonyl (C=O) groups excluding carboxylic acids is 1. The van der Waals surface area contributed by atoms with Gasteiger partial charge in [0.25, 0.3) is 0 Å². The molecule has 0 saturated heterocycles. The second-order valence-electron chi connectivity index (χ2n) is 8.13. The Labute approximate surface area is 193 Å². The van der Waals surface area contributed by atoms with Gasteiger partial charge >= 0.3 is 0 Å². The van der Waals surface area contributed by atoms with Crippen LogP contribution in [0.15, 0.2) is 66.7 Å². The zero-order chi connectivity index (χ0) is 23.2. The van der Waals surface area contributed by atoms with E-state index in [0.717, 1.165) is 33.8 Å². The molecule has 4 rings (SSSR count). The number of nitrogens with zero attached hydrogens (tertiary/aromatic N) is 1. The van der Waals surface area contributed by atoms with E-state index in [1.165, 1.54) is 12.1 Å². The molecule has 0 N–H and O–H groups in total. The monoisotopic (exact) mass is 449 g/mol. The van der Waals surface area contributed by atoms with Gasteiger partial charge in [-0.05, 0) is 60.0 Å². The fourth-order valence-electron chi connectivity index (χ4n) is 4.03. The highest BCUT2D eigenvalue weighted by molar-refractivity contribution is 5.79. The van der Waals surface area contributed by atoms with Crippen LogP contribution in [0.2, 0.25) is 0 Å². The van der Waals surface area contributed by atoms with Crippen molar-refractivity contribution in [1.29, 1.82) is 0 Å². The summed E-state index contributed by atoms with van der Waals surface area (Å²) < 4.78 is 30.3. The summed E-state index contributed by atoms with van der Waals surface area (Å²) in [6, 6.07) is 19.8. The normalized spacial score (nSPS) is 15.4. The average molecular weight is 450 g/mol. The van der Waals surface area contributed by atoms with E-state index in [0.29, 0.717) is 32.8 Å². The van der Waals surface area contributed by atoms with E-state index in [2.05, 4.69) is 0 Å². The van der Waals surface area contributed by atoms with Gasteiger partial charge in [0.1, 0.15) is 23.9 Å². The van der Waals surface area contributed by atoms with Crippen molar-refractivity contribution in [3.05, 3.63) is 94.8 Å². The number of rotatable bonds is 7. The Kier molecular flexibility index (Phi) is 7.25. The van der Waals surface area contributed by atoms with Crippen molar-refractivity contribution in [1.82, 2.24) is 4.90 Å². The Morgan fingerprint density at radius 1 is 1.03 bits per heavy atom. The van der Waals surface area contributed by atoms with Crippen LogP contribution in [0.3, 0.4) is 0 Å². The lowest BCUT2D eigenvalue weighted by Crippen LogP contribution is -2.36. The molecule has 1 aliphatic rings. The summed E-state index contributed by atoms with van der Waals surface area (Å²) in [5, 5.41) is 0. The van der Waals surface area contributed by atoms with Crippen molar-refractivity contribution in [2.75, 3.05) is 20.3 Å². The highest BCUT2D eigenvalue weighted by Crippen LogP contribution is 2.33. The molecule has 1 amide bonds. The van der Waals surface area contributed by atoms with Crippen molar-refractivity contribution < 1.29 is 23.4 Å². The predicted octanol–water partition coefficient (Wildman–Crippen LogP) is 5.08. The molecule has 172 valence electrons. The molecule has 1 aliphatic heterocycles. The van der Waals surface area contributed by atoms with Gasteiger partial charge in [0.15, 0.2) is 0 Å². The van der Waals surface area contributed by atoms with Crippen molar-refractivity contribution in [2.45, 2.75) is 32.6 Å². The molecule has 0 fully saturated rings. The molecule has 33 heavy (non-hydrogen) atoms. The summed E-state index contributed by atoms with van der Waals surface area (Å²) in [7, 11) is 1.62. The molecule has 0 aliphatic carbocycles. The zero-order valence-electron chi connectivity index (χ0n) is 18.9. The highest BCUT2D eigenvalue weighted by Gasteiger charge is 2.27. The Hall–Kier alpha value is -3.38. The van der Waals surface area contributed by atoms with E-state index in [4.69, 9.17) is 14.2 Å². The molecule has 5 nitrogen and oxygen atoms in total. The minimum Gasteiger partial charge on any atom is -0.497 e. The number of ether oxygens (including phenoxy) is 3. The van der Waals surface area contributed by atoms with Gasteiger partial charge in [-0.15, -0.1) is 0 Å². The molecule has 3 aromatic carbocycles. The predicted molar refractivity (Wildman–Crippen MR) is 124 cm³/mol. The van der Waals surface area contributed by atoms with E-state index in [-0.39, 0.29) is 17.8 Å². The third-order valence-electron chi connectivity index (χ3n) is 5.84. The van der Waals surface area contributed by atoms with Crippen LogP contribution in [0, 0.1) is 5.82 Å². The largest absolute Gasteiger partial charge is 0.497 e. The van der Waals surface area contributed by atoms with Crippen LogP contribution >= 0.6 is 0 Å². The number of methoxy groups -OCH3 is 1. The number of hydrogen-bond acceptors (Lipinski definition) is 4. The number of halogens is 1. The molecule has 6 heteroatoms. The lowest BCUT2D eigenvalue weighted by atomic mass is 10.0. The van der Waals surface area contributed by atoms with Crippen LogP contribution in [0.25, 0.3) is 0 Å². The summed E-state index contributed by atoms with van der Waals surface area (Å²) in [6.07, 6.45) is 0.320. The van der Waals surface area contributed by atoms with Gasteiger partial charge in [0, 0.05) is 5.56 Å². The van der Waals surface area contributed by atoms with Gasteiger partial charge in [-0.25, -0.2) is 4.39 Å². The van der Waals surface area contributed by atoms with Gasteiger partial charge < -0.3 is 19.1 Å². The molecule has 1 atom stereocenters. The van der Waals surface area contributed by atoms with Gasteiger partial charge in [-0.3, -0.25) is 4.79 Å². The smallest absolute Gasteiger partial charge is 0.227 e. The standard InChI is InChI=1S/C27H28FNO4/c1-19-25-15-22(18-32-17-21-4-3-5-23(28)14-21)8-11-26(25)33-13-12-29(19)27(30)16-20-6-9-24(31-2)10-7-20/h3-11,14-15,19H,12-13,16-18H2,1-2H3/t19-/m1/s1. The van der Waals surface area contributed by atoms with Gasteiger partial charge in [-0.2, -0.15) is 0 Å². The van der Waals surface area contributed by atoms with Crippen molar-refractivity contribution in [3.63, 3.8) is 0 Å². The first-order chi connectivity index (χ1) is 16.0. The fraction of sp³-hybridized carbons (Fsp3) is 0.296. The Morgan fingerprint density at radius 2 is 1.76 bits per heavy atom. The van der Waals surface area contributed by atoms with Crippen LogP contribution in [-0.2, 0) is 29.2 Å². The third kappa shape index (κ3) is 5.71. The lowest BCUT2D eigenvalue weighted by molar-refractivity contribution is -0.132. The van der Waals surface area contributed by atoms with E-state index >= 15 is 0 Å². The maximum atomic E-state index is 13.4. The quantitative estimate of drug-likeness (QED) is 0.505. The summed E-state index contributed by atoms with van der Waals surface area (Å²) >= 11 is 0. The second-order valence-corrected chi connectivity index (χ2v) is 8.13. The number of benzene rings is 3. The SMILES string of the molecule is COc1ccc(CC(=O)N2CCOc3ccc(COCc4cccc(F)c4)cc3[C@H]2C)cc1. The third-order valence-corrected chi connectivity index (χ3v) is 5.84. The molecule has 0 aromatic heterocycles. The second kappa shape index (κ2) is 10.5. The first-order valence-corrected chi connectivity index (χ1v) is 11.0. The molecular formula is C27H28FNO4. The van der Waals surface area contributed by atoms with Crippen LogP contribution in [0.4, 0.5) is 4.39 Å². The molecule has 0 spiro atoms. The van der Waals surface area contributed by atoms with Crippen LogP contribution in [-0.4, -0.2) is 31.1 Å². The van der Waals surface area contributed by atoms with Crippen molar-refractivity contribution >= 4 is 5.91 Å². The van der Waals surface area contributed by atoms with E-state index in [1.54, 1.807) is 13.2 Å². The van der Waals surface area contributed by atoms with Crippen LogP contribution in [0.1, 0.15) is 35.2 Å².